The van der Waals surface area contributed by atoms with Crippen LogP contribution in [0.2, 0.25) is 5.15 Å². The molecule has 1 heterocycles. The number of aromatic nitrogens is 1. The Morgan fingerprint density at radius 2 is 1.62 bits per heavy atom. The van der Waals surface area contributed by atoms with E-state index in [1.54, 1.807) is 24.3 Å². The number of nitrogens with zero attached hydrogens (tertiary/aromatic N) is 2. The maximum atomic E-state index is 12.0. The highest BCUT2D eigenvalue weighted by atomic mass is 35.5. The molecule has 0 fully saturated rings. The van der Waals surface area contributed by atoms with E-state index in [0.29, 0.717) is 23.1 Å². The van der Waals surface area contributed by atoms with Gasteiger partial charge in [0.25, 0.3) is 5.91 Å². The fraction of sp³-hybridized carbons (Fsp3) is 0.0800. The molecule has 0 saturated heterocycles. The number of hydrogen-bond acceptors (Lipinski definition) is 5. The molecule has 1 amide bonds. The van der Waals surface area contributed by atoms with Gasteiger partial charge in [0.05, 0.1) is 11.7 Å². The van der Waals surface area contributed by atoms with Gasteiger partial charge in [-0.2, -0.15) is 5.10 Å². The highest BCUT2D eigenvalue weighted by Crippen LogP contribution is 2.20. The lowest BCUT2D eigenvalue weighted by molar-refractivity contribution is -0.123. The number of para-hydroxylation sites is 1. The average molecular weight is 446 g/mol. The van der Waals surface area contributed by atoms with Crippen LogP contribution in [-0.2, 0) is 11.4 Å². The van der Waals surface area contributed by atoms with Gasteiger partial charge in [-0.3, -0.25) is 4.79 Å². The molecular formula is C25H20ClN3O3. The van der Waals surface area contributed by atoms with Gasteiger partial charge >= 0.3 is 0 Å². The zero-order valence-electron chi connectivity index (χ0n) is 17.1. The van der Waals surface area contributed by atoms with E-state index in [1.807, 2.05) is 60.7 Å². The molecule has 0 aliphatic carbocycles. The van der Waals surface area contributed by atoms with Crippen LogP contribution in [0.1, 0.15) is 11.1 Å². The van der Waals surface area contributed by atoms with Crippen LogP contribution in [-0.4, -0.2) is 23.7 Å². The van der Waals surface area contributed by atoms with E-state index < -0.39 is 5.91 Å². The number of benzene rings is 3. The highest BCUT2D eigenvalue weighted by molar-refractivity contribution is 6.32. The summed E-state index contributed by atoms with van der Waals surface area (Å²) < 4.78 is 11.2. The third-order valence-corrected chi connectivity index (χ3v) is 4.84. The average Bonchev–Trinajstić information content (AvgIpc) is 2.83. The number of halogens is 1. The van der Waals surface area contributed by atoms with Gasteiger partial charge in [-0.15, -0.1) is 0 Å². The summed E-state index contributed by atoms with van der Waals surface area (Å²) in [6.07, 6.45) is 1.46. The van der Waals surface area contributed by atoms with Gasteiger partial charge in [0, 0.05) is 10.9 Å². The molecule has 0 saturated carbocycles. The van der Waals surface area contributed by atoms with E-state index in [1.165, 1.54) is 6.21 Å². The molecule has 0 radical (unpaired) electrons. The van der Waals surface area contributed by atoms with Gasteiger partial charge < -0.3 is 9.47 Å². The van der Waals surface area contributed by atoms with Gasteiger partial charge in [0.15, 0.2) is 6.61 Å². The molecule has 1 N–H and O–H groups in total. The summed E-state index contributed by atoms with van der Waals surface area (Å²) in [4.78, 5) is 16.3. The molecular weight excluding hydrogens is 426 g/mol. The lowest BCUT2D eigenvalue weighted by Gasteiger charge is -2.08. The summed E-state index contributed by atoms with van der Waals surface area (Å²) in [6.45, 7) is 0.309. The van der Waals surface area contributed by atoms with Crippen LogP contribution < -0.4 is 14.9 Å². The quantitative estimate of drug-likeness (QED) is 0.235. The predicted molar refractivity (Wildman–Crippen MR) is 125 cm³/mol. The van der Waals surface area contributed by atoms with E-state index >= 15 is 0 Å². The van der Waals surface area contributed by atoms with E-state index in [-0.39, 0.29) is 6.61 Å². The fourth-order valence-corrected chi connectivity index (χ4v) is 3.12. The summed E-state index contributed by atoms with van der Waals surface area (Å²) >= 11 is 6.18. The summed E-state index contributed by atoms with van der Waals surface area (Å²) in [5.41, 5.74) is 4.91. The van der Waals surface area contributed by atoms with Gasteiger partial charge in [0.1, 0.15) is 23.3 Å². The number of nitrogens with one attached hydrogen (secondary N) is 1. The lowest BCUT2D eigenvalue weighted by Crippen LogP contribution is -2.24. The molecule has 0 unspecified atom stereocenters. The highest BCUT2D eigenvalue weighted by Gasteiger charge is 2.05. The van der Waals surface area contributed by atoms with Crippen molar-refractivity contribution in [2.75, 3.05) is 6.61 Å². The monoisotopic (exact) mass is 445 g/mol. The van der Waals surface area contributed by atoms with Gasteiger partial charge in [-0.05, 0) is 42.0 Å². The van der Waals surface area contributed by atoms with Crippen molar-refractivity contribution in [3.63, 3.8) is 0 Å². The van der Waals surface area contributed by atoms with Crippen LogP contribution >= 0.6 is 11.6 Å². The summed E-state index contributed by atoms with van der Waals surface area (Å²) in [5.74, 6) is 0.879. The fourth-order valence-electron chi connectivity index (χ4n) is 2.93. The summed E-state index contributed by atoms with van der Waals surface area (Å²) in [5, 5.41) is 5.19. The van der Waals surface area contributed by atoms with Gasteiger partial charge in [0.2, 0.25) is 0 Å². The zero-order valence-corrected chi connectivity index (χ0v) is 17.8. The molecule has 0 aliphatic heterocycles. The minimum Gasteiger partial charge on any atom is -0.489 e. The third kappa shape index (κ3) is 5.83. The SMILES string of the molecule is O=C(COc1ccc(OCc2ccccc2)cc1)N/N=C\c1cc2ccccc2nc1Cl. The lowest BCUT2D eigenvalue weighted by atomic mass is 10.2. The number of fused-ring (bicyclic) bond motifs is 1. The van der Waals surface area contributed by atoms with E-state index in [2.05, 4.69) is 15.5 Å². The molecule has 0 bridgehead atoms. The van der Waals surface area contributed by atoms with Gasteiger partial charge in [-0.25, -0.2) is 10.4 Å². The Balaban J connectivity index is 1.24. The maximum Gasteiger partial charge on any atom is 0.277 e. The third-order valence-electron chi connectivity index (χ3n) is 4.54. The van der Waals surface area contributed by atoms with E-state index in [4.69, 9.17) is 21.1 Å². The van der Waals surface area contributed by atoms with E-state index in [9.17, 15) is 4.79 Å². The minimum absolute atomic E-state index is 0.175. The van der Waals surface area contributed by atoms with Crippen molar-refractivity contribution in [2.24, 2.45) is 5.10 Å². The number of rotatable bonds is 8. The second-order valence-corrected chi connectivity index (χ2v) is 7.25. The Labute approximate surface area is 190 Å². The normalized spacial score (nSPS) is 10.9. The van der Waals surface area contributed by atoms with Crippen molar-refractivity contribution in [1.29, 1.82) is 0 Å². The molecule has 0 aliphatic rings. The Kier molecular flexibility index (Phi) is 6.94. The molecule has 4 aromatic rings. The van der Waals surface area contributed by atoms with Crippen molar-refractivity contribution in [3.8, 4) is 11.5 Å². The standard InChI is InChI=1S/C25H20ClN3O3/c26-25-20(14-19-8-4-5-9-23(19)28-25)15-27-29-24(30)17-32-22-12-10-21(11-13-22)31-16-18-6-2-1-3-7-18/h1-15H,16-17H2,(H,29,30)/b27-15-. The van der Waals surface area contributed by atoms with Crippen LogP contribution in [0, 0.1) is 0 Å². The molecule has 32 heavy (non-hydrogen) atoms. The molecule has 0 spiro atoms. The summed E-state index contributed by atoms with van der Waals surface area (Å²) in [6, 6.07) is 26.5. The van der Waals surface area contributed by atoms with Gasteiger partial charge in [-0.1, -0.05) is 60.1 Å². The van der Waals surface area contributed by atoms with Crippen LogP contribution in [0.25, 0.3) is 10.9 Å². The molecule has 0 atom stereocenters. The number of ether oxygens (including phenoxy) is 2. The number of amides is 1. The number of pyridine rings is 1. The van der Waals surface area contributed by atoms with Crippen molar-refractivity contribution in [3.05, 3.63) is 101 Å². The topological polar surface area (TPSA) is 72.8 Å². The number of hydrazone groups is 1. The molecule has 1 aromatic heterocycles. The Bertz CT molecular complexity index is 1230. The minimum atomic E-state index is -0.393. The number of carbonyl (C=O) groups is 1. The molecule has 6 nitrogen and oxygen atoms in total. The van der Waals surface area contributed by atoms with Crippen molar-refractivity contribution >= 4 is 34.6 Å². The molecule has 7 heteroatoms. The smallest absolute Gasteiger partial charge is 0.277 e. The van der Waals surface area contributed by atoms with Crippen molar-refractivity contribution in [2.45, 2.75) is 6.61 Å². The molecule has 3 aromatic carbocycles. The first-order valence-electron chi connectivity index (χ1n) is 9.94. The van der Waals surface area contributed by atoms with Crippen LogP contribution in [0.15, 0.2) is 90.0 Å². The largest absolute Gasteiger partial charge is 0.489 e. The Morgan fingerprint density at radius 1 is 0.938 bits per heavy atom. The first kappa shape index (κ1) is 21.3. The first-order chi connectivity index (χ1) is 15.7. The van der Waals surface area contributed by atoms with Crippen molar-refractivity contribution < 1.29 is 14.3 Å². The molecule has 4 rings (SSSR count). The van der Waals surface area contributed by atoms with Crippen molar-refractivity contribution in [1.82, 2.24) is 10.4 Å². The predicted octanol–water partition coefficient (Wildman–Crippen LogP) is 5.00. The Morgan fingerprint density at radius 3 is 2.41 bits per heavy atom. The van der Waals surface area contributed by atoms with Crippen LogP contribution in [0.4, 0.5) is 0 Å². The maximum absolute atomic E-state index is 12.0. The zero-order chi connectivity index (χ0) is 22.2. The number of carbonyl (C=O) groups excluding carboxylic acids is 1. The number of hydrogen-bond donors (Lipinski definition) is 1. The summed E-state index contributed by atoms with van der Waals surface area (Å²) in [7, 11) is 0. The second kappa shape index (κ2) is 10.4. The van der Waals surface area contributed by atoms with E-state index in [0.717, 1.165) is 22.2 Å². The Hall–Kier alpha value is -3.90. The molecule has 160 valence electrons. The second-order valence-electron chi connectivity index (χ2n) is 6.89. The van der Waals surface area contributed by atoms with Crippen LogP contribution in [0.5, 0.6) is 11.5 Å². The first-order valence-corrected chi connectivity index (χ1v) is 10.3. The van der Waals surface area contributed by atoms with Crippen LogP contribution in [0.3, 0.4) is 0 Å².